The highest BCUT2D eigenvalue weighted by molar-refractivity contribution is 7.84. The van der Waals surface area contributed by atoms with Crippen LogP contribution in [-0.4, -0.2) is 56.2 Å². The number of fused-ring (bicyclic) bond motifs is 5. The topological polar surface area (TPSA) is 77.8 Å². The van der Waals surface area contributed by atoms with Crippen LogP contribution in [0.25, 0.3) is 0 Å². The van der Waals surface area contributed by atoms with Crippen LogP contribution >= 0.6 is 0 Å². The summed E-state index contributed by atoms with van der Waals surface area (Å²) in [7, 11) is -2.84. The molecule has 4 rings (SSSR count). The van der Waals surface area contributed by atoms with Gasteiger partial charge in [0.05, 0.1) is 6.10 Å². The van der Waals surface area contributed by atoms with Gasteiger partial charge in [0.1, 0.15) is 0 Å². The van der Waals surface area contributed by atoms with Gasteiger partial charge in [0.2, 0.25) is 0 Å². The van der Waals surface area contributed by atoms with E-state index in [1.165, 1.54) is 11.1 Å². The van der Waals surface area contributed by atoms with Crippen LogP contribution in [0.3, 0.4) is 0 Å². The van der Waals surface area contributed by atoms with Crippen molar-refractivity contribution in [3.63, 3.8) is 0 Å². The summed E-state index contributed by atoms with van der Waals surface area (Å²) in [6.07, 6.45) is 5.48. The molecule has 43 heavy (non-hydrogen) atoms. The van der Waals surface area contributed by atoms with Crippen molar-refractivity contribution in [1.82, 2.24) is 0 Å². The number of aliphatic hydroxyl groups excluding tert-OH is 1. The maximum absolute atomic E-state index is 13.0. The Morgan fingerprint density at radius 2 is 1.58 bits per heavy atom. The third kappa shape index (κ3) is 8.22. The SMILES string of the molecule is C[C@]12CC[C@@H]3c4ccc(B(O)O)cc4CC(CCCCCCCCCS(=O)CCCC(F)(F)C(F)(F)F)C3[C@@H]1CC[C@@H]2O. The summed E-state index contributed by atoms with van der Waals surface area (Å²) in [6.45, 7) is 2.28. The van der Waals surface area contributed by atoms with Gasteiger partial charge in [-0.3, -0.25) is 4.21 Å². The molecule has 3 aliphatic rings. The van der Waals surface area contributed by atoms with Crippen LogP contribution in [0.2, 0.25) is 0 Å². The van der Waals surface area contributed by atoms with Gasteiger partial charge in [0.15, 0.2) is 0 Å². The number of halogens is 5. The highest BCUT2D eigenvalue weighted by Gasteiger charge is 2.57. The molecule has 4 nitrogen and oxygen atoms in total. The van der Waals surface area contributed by atoms with Gasteiger partial charge in [-0.1, -0.05) is 63.6 Å². The molecule has 0 saturated heterocycles. The Hall–Kier alpha value is -1.04. The number of hydrogen-bond acceptors (Lipinski definition) is 4. The fraction of sp³-hybridized carbons (Fsp3) is 0.812. The summed E-state index contributed by atoms with van der Waals surface area (Å²) >= 11 is 0. The van der Waals surface area contributed by atoms with Crippen LogP contribution in [0, 0.1) is 23.2 Å². The maximum Gasteiger partial charge on any atom is 0.488 e. The lowest BCUT2D eigenvalue weighted by molar-refractivity contribution is -0.284. The van der Waals surface area contributed by atoms with Gasteiger partial charge in [-0.15, -0.1) is 0 Å². The third-order valence-electron chi connectivity index (χ3n) is 10.9. The quantitative estimate of drug-likeness (QED) is 0.115. The van der Waals surface area contributed by atoms with Crippen molar-refractivity contribution in [2.24, 2.45) is 23.2 Å². The van der Waals surface area contributed by atoms with E-state index in [1.54, 1.807) is 0 Å². The first kappa shape index (κ1) is 34.8. The van der Waals surface area contributed by atoms with Crippen LogP contribution in [0.1, 0.15) is 114 Å². The average Bonchev–Trinajstić information content (AvgIpc) is 3.24. The molecule has 0 radical (unpaired) electrons. The third-order valence-corrected chi connectivity index (χ3v) is 12.4. The van der Waals surface area contributed by atoms with E-state index in [0.29, 0.717) is 41.3 Å². The fourth-order valence-corrected chi connectivity index (χ4v) is 9.67. The molecule has 11 heteroatoms. The molecular weight excluding hydrogens is 586 g/mol. The van der Waals surface area contributed by atoms with Gasteiger partial charge in [-0.05, 0) is 97.0 Å². The molecule has 0 spiro atoms. The second-order valence-electron chi connectivity index (χ2n) is 13.6. The molecule has 0 amide bonds. The van der Waals surface area contributed by atoms with Crippen molar-refractivity contribution in [2.45, 2.75) is 127 Å². The number of benzene rings is 1. The maximum atomic E-state index is 13.0. The van der Waals surface area contributed by atoms with Gasteiger partial charge >= 0.3 is 19.2 Å². The Bertz CT molecular complexity index is 1090. The van der Waals surface area contributed by atoms with Crippen LogP contribution in [-0.2, 0) is 17.2 Å². The van der Waals surface area contributed by atoms with Crippen molar-refractivity contribution < 1.29 is 41.3 Å². The molecule has 0 bridgehead atoms. The first-order valence-electron chi connectivity index (χ1n) is 16.2. The number of rotatable bonds is 15. The molecule has 1 aromatic carbocycles. The minimum atomic E-state index is -5.55. The van der Waals surface area contributed by atoms with Crippen LogP contribution < -0.4 is 5.46 Å². The minimum Gasteiger partial charge on any atom is -0.423 e. The second-order valence-corrected chi connectivity index (χ2v) is 15.3. The zero-order chi connectivity index (χ0) is 31.4. The largest absolute Gasteiger partial charge is 0.488 e. The Kier molecular flexibility index (Phi) is 11.8. The number of alkyl halides is 5. The van der Waals surface area contributed by atoms with Crippen molar-refractivity contribution in [3.8, 4) is 0 Å². The van der Waals surface area contributed by atoms with Crippen LogP contribution in [0.4, 0.5) is 22.0 Å². The highest BCUT2D eigenvalue weighted by Crippen LogP contribution is 2.62. The molecular formula is C32H48BF5O4S. The van der Waals surface area contributed by atoms with E-state index in [2.05, 4.69) is 13.0 Å². The molecule has 3 aliphatic carbocycles. The summed E-state index contributed by atoms with van der Waals surface area (Å²) in [6, 6.07) is 5.93. The van der Waals surface area contributed by atoms with Gasteiger partial charge < -0.3 is 15.2 Å². The Balaban J connectivity index is 1.19. The van der Waals surface area contributed by atoms with Gasteiger partial charge in [-0.2, -0.15) is 22.0 Å². The monoisotopic (exact) mass is 634 g/mol. The molecule has 2 saturated carbocycles. The van der Waals surface area contributed by atoms with Crippen molar-refractivity contribution in [1.29, 1.82) is 0 Å². The molecule has 3 N–H and O–H groups in total. The number of hydrogen-bond donors (Lipinski definition) is 3. The number of aliphatic hydroxyl groups is 1. The van der Waals surface area contributed by atoms with Crippen molar-refractivity contribution in [3.05, 3.63) is 29.3 Å². The molecule has 1 aromatic rings. The summed E-state index contributed by atoms with van der Waals surface area (Å²) in [5, 5.41) is 30.4. The lowest BCUT2D eigenvalue weighted by Crippen LogP contribution is -2.47. The van der Waals surface area contributed by atoms with E-state index < -0.39 is 42.9 Å². The first-order valence-corrected chi connectivity index (χ1v) is 17.7. The summed E-state index contributed by atoms with van der Waals surface area (Å²) < 4.78 is 74.6. The molecule has 0 heterocycles. The normalized spacial score (nSPS) is 29.6. The zero-order valence-electron chi connectivity index (χ0n) is 25.3. The predicted octanol–water partition coefficient (Wildman–Crippen LogP) is 6.66. The van der Waals surface area contributed by atoms with E-state index in [4.69, 9.17) is 0 Å². The van der Waals surface area contributed by atoms with E-state index >= 15 is 0 Å². The second kappa shape index (κ2) is 14.6. The summed E-state index contributed by atoms with van der Waals surface area (Å²) in [5.41, 5.74) is 3.12. The molecule has 2 fully saturated rings. The van der Waals surface area contributed by atoms with Gasteiger partial charge in [0, 0.05) is 28.7 Å². The molecule has 0 aromatic heterocycles. The molecule has 0 aliphatic heterocycles. The average molecular weight is 635 g/mol. The minimum absolute atomic E-state index is 0.0179. The predicted molar refractivity (Wildman–Crippen MR) is 161 cm³/mol. The summed E-state index contributed by atoms with van der Waals surface area (Å²) in [4.78, 5) is 0. The fourth-order valence-electron chi connectivity index (χ4n) is 8.48. The van der Waals surface area contributed by atoms with Crippen molar-refractivity contribution >= 4 is 23.4 Å². The van der Waals surface area contributed by atoms with Gasteiger partial charge in [0.25, 0.3) is 0 Å². The van der Waals surface area contributed by atoms with Crippen molar-refractivity contribution in [2.75, 3.05) is 11.5 Å². The van der Waals surface area contributed by atoms with Crippen LogP contribution in [0.15, 0.2) is 18.2 Å². The lowest BCUT2D eigenvalue weighted by atomic mass is 9.52. The Morgan fingerprint density at radius 3 is 2.26 bits per heavy atom. The molecule has 244 valence electrons. The Labute approximate surface area is 255 Å². The molecule has 3 unspecified atom stereocenters. The molecule has 7 atom stereocenters. The highest BCUT2D eigenvalue weighted by atomic mass is 32.2. The van der Waals surface area contributed by atoms with E-state index in [1.807, 2.05) is 12.1 Å². The van der Waals surface area contributed by atoms with E-state index in [9.17, 15) is 41.3 Å². The van der Waals surface area contributed by atoms with Gasteiger partial charge in [-0.25, -0.2) is 0 Å². The standard InChI is InChI=1S/C32H48BF5O4S/c1-30-17-15-26-25-12-11-24(33(40)41)21-23(25)20-22(29(26)27(30)13-14-28(30)39)10-7-5-3-2-4-6-8-18-43(42)19-9-16-31(34,35)32(36,37)38/h11-12,21-22,26-29,39-41H,2-10,13-20H2,1H3/t22?,26-,27+,28+,29?,30+,43?/m1/s1. The first-order chi connectivity index (χ1) is 20.2. The Morgan fingerprint density at radius 1 is 0.930 bits per heavy atom. The van der Waals surface area contributed by atoms with E-state index in [-0.39, 0.29) is 17.3 Å². The summed E-state index contributed by atoms with van der Waals surface area (Å²) in [5.74, 6) is -2.50. The smallest absolute Gasteiger partial charge is 0.423 e. The lowest BCUT2D eigenvalue weighted by Gasteiger charge is -2.53. The zero-order valence-corrected chi connectivity index (χ0v) is 26.1. The van der Waals surface area contributed by atoms with E-state index in [0.717, 1.165) is 77.0 Å². The van der Waals surface area contributed by atoms with Crippen LogP contribution in [0.5, 0.6) is 0 Å². The number of unbranched alkanes of at least 4 members (excludes halogenated alkanes) is 6.